The van der Waals surface area contributed by atoms with Gasteiger partial charge in [-0.3, -0.25) is 4.68 Å². The second-order valence-corrected chi connectivity index (χ2v) is 4.60. The SMILES string of the molecule is CCNC(Cc1ccco1)c1c(C)nn(C)c1C. The summed E-state index contributed by atoms with van der Waals surface area (Å²) in [6, 6.07) is 4.21. The van der Waals surface area contributed by atoms with Crippen LogP contribution in [0.1, 0.15) is 35.7 Å². The maximum atomic E-state index is 5.45. The zero-order chi connectivity index (χ0) is 13.1. The monoisotopic (exact) mass is 247 g/mol. The Hall–Kier alpha value is -1.55. The van der Waals surface area contributed by atoms with Crippen LogP contribution in [0.5, 0.6) is 0 Å². The van der Waals surface area contributed by atoms with Crippen LogP contribution in [0.3, 0.4) is 0 Å². The summed E-state index contributed by atoms with van der Waals surface area (Å²) in [7, 11) is 1.99. The summed E-state index contributed by atoms with van der Waals surface area (Å²) in [5.41, 5.74) is 3.59. The van der Waals surface area contributed by atoms with Crippen molar-refractivity contribution < 1.29 is 4.42 Å². The highest BCUT2D eigenvalue weighted by molar-refractivity contribution is 5.29. The summed E-state index contributed by atoms with van der Waals surface area (Å²) >= 11 is 0. The smallest absolute Gasteiger partial charge is 0.105 e. The van der Waals surface area contributed by atoms with Gasteiger partial charge in [-0.2, -0.15) is 5.10 Å². The van der Waals surface area contributed by atoms with Crippen LogP contribution in [0.15, 0.2) is 22.8 Å². The van der Waals surface area contributed by atoms with Gasteiger partial charge in [-0.25, -0.2) is 0 Å². The Morgan fingerprint density at radius 2 is 2.22 bits per heavy atom. The number of nitrogens with one attached hydrogen (secondary N) is 1. The predicted octanol–water partition coefficient (Wildman–Crippen LogP) is 2.52. The third-order valence-electron chi connectivity index (χ3n) is 3.35. The summed E-state index contributed by atoms with van der Waals surface area (Å²) in [6.45, 7) is 7.23. The first kappa shape index (κ1) is 12.9. The second kappa shape index (κ2) is 5.40. The number of nitrogens with zero attached hydrogens (tertiary/aromatic N) is 2. The van der Waals surface area contributed by atoms with E-state index in [9.17, 15) is 0 Å². The molecule has 1 atom stereocenters. The van der Waals surface area contributed by atoms with Crippen molar-refractivity contribution in [2.75, 3.05) is 6.54 Å². The van der Waals surface area contributed by atoms with Crippen LogP contribution in [0.4, 0.5) is 0 Å². The normalized spacial score (nSPS) is 12.9. The molecule has 0 aliphatic rings. The lowest BCUT2D eigenvalue weighted by Gasteiger charge is -2.17. The lowest BCUT2D eigenvalue weighted by atomic mass is 10.0. The van der Waals surface area contributed by atoms with Gasteiger partial charge in [0.15, 0.2) is 0 Å². The average Bonchev–Trinajstić information content (AvgIpc) is 2.89. The van der Waals surface area contributed by atoms with E-state index in [4.69, 9.17) is 4.42 Å². The Morgan fingerprint density at radius 3 is 2.72 bits per heavy atom. The van der Waals surface area contributed by atoms with E-state index in [1.54, 1.807) is 6.26 Å². The van der Waals surface area contributed by atoms with Crippen LogP contribution in [0.2, 0.25) is 0 Å². The molecule has 4 heteroatoms. The molecule has 1 N–H and O–H groups in total. The van der Waals surface area contributed by atoms with Crippen LogP contribution in [-0.4, -0.2) is 16.3 Å². The Labute approximate surface area is 108 Å². The van der Waals surface area contributed by atoms with E-state index in [1.165, 1.54) is 11.3 Å². The van der Waals surface area contributed by atoms with Crippen LogP contribution in [-0.2, 0) is 13.5 Å². The molecule has 98 valence electrons. The van der Waals surface area contributed by atoms with Crippen LogP contribution >= 0.6 is 0 Å². The zero-order valence-corrected chi connectivity index (χ0v) is 11.5. The van der Waals surface area contributed by atoms with Crippen molar-refractivity contribution in [1.82, 2.24) is 15.1 Å². The highest BCUT2D eigenvalue weighted by Gasteiger charge is 2.20. The molecule has 0 aromatic carbocycles. The van der Waals surface area contributed by atoms with Crippen molar-refractivity contribution in [3.8, 4) is 0 Å². The van der Waals surface area contributed by atoms with Gasteiger partial charge in [-0.1, -0.05) is 6.92 Å². The first-order valence-corrected chi connectivity index (χ1v) is 6.39. The quantitative estimate of drug-likeness (QED) is 0.883. The molecule has 0 radical (unpaired) electrons. The highest BCUT2D eigenvalue weighted by atomic mass is 16.3. The van der Waals surface area contributed by atoms with Crippen molar-refractivity contribution in [3.05, 3.63) is 41.1 Å². The molecule has 2 heterocycles. The van der Waals surface area contributed by atoms with E-state index in [-0.39, 0.29) is 6.04 Å². The molecule has 0 saturated heterocycles. The Morgan fingerprint density at radius 1 is 1.44 bits per heavy atom. The van der Waals surface area contributed by atoms with E-state index in [1.807, 2.05) is 23.9 Å². The standard InChI is InChI=1S/C14H21N3O/c1-5-15-13(9-12-7-6-8-18-12)14-10(2)16-17(4)11(14)3/h6-8,13,15H,5,9H2,1-4H3. The fourth-order valence-electron chi connectivity index (χ4n) is 2.45. The lowest BCUT2D eigenvalue weighted by molar-refractivity contribution is 0.453. The number of rotatable bonds is 5. The molecule has 0 amide bonds. The Balaban J connectivity index is 2.29. The second-order valence-electron chi connectivity index (χ2n) is 4.60. The van der Waals surface area contributed by atoms with Crippen molar-refractivity contribution in [2.24, 2.45) is 7.05 Å². The maximum Gasteiger partial charge on any atom is 0.105 e. The molecule has 18 heavy (non-hydrogen) atoms. The number of likely N-dealkylation sites (N-methyl/N-ethyl adjacent to an activating group) is 1. The van der Waals surface area contributed by atoms with Gasteiger partial charge in [0.05, 0.1) is 12.0 Å². The van der Waals surface area contributed by atoms with Gasteiger partial charge in [0.1, 0.15) is 5.76 Å². The van der Waals surface area contributed by atoms with Gasteiger partial charge < -0.3 is 9.73 Å². The minimum Gasteiger partial charge on any atom is -0.469 e. The van der Waals surface area contributed by atoms with Gasteiger partial charge in [0, 0.05) is 30.8 Å². The van der Waals surface area contributed by atoms with Crippen molar-refractivity contribution in [1.29, 1.82) is 0 Å². The van der Waals surface area contributed by atoms with Crippen molar-refractivity contribution >= 4 is 0 Å². The van der Waals surface area contributed by atoms with Gasteiger partial charge in [0.2, 0.25) is 0 Å². The van der Waals surface area contributed by atoms with E-state index in [2.05, 4.69) is 31.2 Å². The van der Waals surface area contributed by atoms with Crippen LogP contribution in [0, 0.1) is 13.8 Å². The largest absolute Gasteiger partial charge is 0.469 e. The molecular weight excluding hydrogens is 226 g/mol. The molecule has 1 unspecified atom stereocenters. The molecule has 2 aromatic rings. The fraction of sp³-hybridized carbons (Fsp3) is 0.500. The summed E-state index contributed by atoms with van der Waals surface area (Å²) in [5.74, 6) is 1.00. The number of aromatic nitrogens is 2. The lowest BCUT2D eigenvalue weighted by Crippen LogP contribution is -2.24. The predicted molar refractivity (Wildman–Crippen MR) is 71.5 cm³/mol. The first-order chi connectivity index (χ1) is 8.63. The van der Waals surface area contributed by atoms with Gasteiger partial charge in [0.25, 0.3) is 0 Å². The van der Waals surface area contributed by atoms with E-state index >= 15 is 0 Å². The van der Waals surface area contributed by atoms with Crippen molar-refractivity contribution in [2.45, 2.75) is 33.2 Å². The van der Waals surface area contributed by atoms with E-state index in [0.29, 0.717) is 0 Å². The Bertz CT molecular complexity index is 499. The summed E-state index contributed by atoms with van der Waals surface area (Å²) in [4.78, 5) is 0. The molecule has 2 aromatic heterocycles. The molecule has 0 aliphatic heterocycles. The molecule has 0 bridgehead atoms. The molecular formula is C14H21N3O. The van der Waals surface area contributed by atoms with Crippen LogP contribution < -0.4 is 5.32 Å². The van der Waals surface area contributed by atoms with Gasteiger partial charge in [-0.15, -0.1) is 0 Å². The number of aryl methyl sites for hydroxylation is 2. The van der Waals surface area contributed by atoms with E-state index in [0.717, 1.165) is 24.4 Å². The molecule has 0 saturated carbocycles. The number of hydrogen-bond acceptors (Lipinski definition) is 3. The van der Waals surface area contributed by atoms with Crippen molar-refractivity contribution in [3.63, 3.8) is 0 Å². The third-order valence-corrected chi connectivity index (χ3v) is 3.35. The number of hydrogen-bond donors (Lipinski definition) is 1. The molecule has 2 rings (SSSR count). The fourth-order valence-corrected chi connectivity index (χ4v) is 2.45. The molecule has 0 spiro atoms. The zero-order valence-electron chi connectivity index (χ0n) is 11.5. The van der Waals surface area contributed by atoms with Gasteiger partial charge in [-0.05, 0) is 32.5 Å². The molecule has 4 nitrogen and oxygen atoms in total. The van der Waals surface area contributed by atoms with Crippen LogP contribution in [0.25, 0.3) is 0 Å². The number of furan rings is 1. The summed E-state index contributed by atoms with van der Waals surface area (Å²) in [6.07, 6.45) is 2.58. The minimum absolute atomic E-state index is 0.259. The first-order valence-electron chi connectivity index (χ1n) is 6.39. The Kier molecular flexibility index (Phi) is 3.87. The maximum absolute atomic E-state index is 5.45. The third kappa shape index (κ3) is 2.48. The van der Waals surface area contributed by atoms with E-state index < -0.39 is 0 Å². The summed E-state index contributed by atoms with van der Waals surface area (Å²) in [5, 5.41) is 8.01. The molecule has 0 aliphatic carbocycles. The summed E-state index contributed by atoms with van der Waals surface area (Å²) < 4.78 is 7.39. The van der Waals surface area contributed by atoms with Gasteiger partial charge >= 0.3 is 0 Å². The topological polar surface area (TPSA) is 43.0 Å². The minimum atomic E-state index is 0.259. The highest BCUT2D eigenvalue weighted by Crippen LogP contribution is 2.24. The average molecular weight is 247 g/mol. The molecule has 0 fully saturated rings.